The van der Waals surface area contributed by atoms with E-state index in [-0.39, 0.29) is 18.2 Å². The first-order chi connectivity index (χ1) is 6.02. The molecule has 1 rings (SSSR count). The highest BCUT2D eigenvalue weighted by Crippen LogP contribution is 2.28. The van der Waals surface area contributed by atoms with Crippen molar-refractivity contribution in [1.29, 1.82) is 0 Å². The van der Waals surface area contributed by atoms with Gasteiger partial charge in [-0.25, -0.2) is 0 Å². The third-order valence-corrected chi connectivity index (χ3v) is 3.00. The largest absolute Gasteiger partial charge is 0.460 e. The van der Waals surface area contributed by atoms with Crippen molar-refractivity contribution < 1.29 is 14.3 Å². The molecule has 0 aliphatic carbocycles. The van der Waals surface area contributed by atoms with Crippen LogP contribution in [0.15, 0.2) is 0 Å². The van der Waals surface area contributed by atoms with Crippen LogP contribution in [0.25, 0.3) is 0 Å². The summed E-state index contributed by atoms with van der Waals surface area (Å²) in [5.41, 5.74) is 0. The maximum atomic E-state index is 10.8. The van der Waals surface area contributed by atoms with Crippen molar-refractivity contribution in [2.45, 2.75) is 39.9 Å². The van der Waals surface area contributed by atoms with Crippen molar-refractivity contribution >= 4 is 5.97 Å². The second-order valence-electron chi connectivity index (χ2n) is 3.90. The Morgan fingerprint density at radius 1 is 1.31 bits per heavy atom. The van der Waals surface area contributed by atoms with Gasteiger partial charge in [0.1, 0.15) is 6.10 Å². The number of rotatable bonds is 1. The van der Waals surface area contributed by atoms with Gasteiger partial charge in [-0.2, -0.15) is 0 Å². The maximum Gasteiger partial charge on any atom is 0.302 e. The third-order valence-electron chi connectivity index (χ3n) is 3.00. The highest BCUT2D eigenvalue weighted by atomic mass is 16.6. The summed E-state index contributed by atoms with van der Waals surface area (Å²) in [5.74, 6) is 0.605. The summed E-state index contributed by atoms with van der Waals surface area (Å²) >= 11 is 0. The quantitative estimate of drug-likeness (QED) is 0.584. The average Bonchev–Trinajstić information content (AvgIpc) is 2.06. The number of ether oxygens (including phenoxy) is 2. The van der Waals surface area contributed by atoms with Crippen LogP contribution in [0.4, 0.5) is 0 Å². The van der Waals surface area contributed by atoms with Gasteiger partial charge in [0, 0.05) is 12.8 Å². The first-order valence-electron chi connectivity index (χ1n) is 4.81. The van der Waals surface area contributed by atoms with E-state index < -0.39 is 0 Å². The molecule has 3 nitrogen and oxygen atoms in total. The number of hydrogen-bond donors (Lipinski definition) is 0. The number of carbonyl (C=O) groups is 1. The van der Waals surface area contributed by atoms with E-state index in [1.165, 1.54) is 6.92 Å². The van der Waals surface area contributed by atoms with Crippen LogP contribution in [0.1, 0.15) is 27.7 Å². The Balaban J connectivity index is 2.53. The predicted octanol–water partition coefficient (Wildman–Crippen LogP) is 1.61. The van der Waals surface area contributed by atoms with Gasteiger partial charge >= 0.3 is 5.97 Å². The molecular formula is C10H18O3. The molecule has 0 spiro atoms. The molecule has 1 fully saturated rings. The zero-order valence-corrected chi connectivity index (χ0v) is 8.74. The lowest BCUT2D eigenvalue weighted by Gasteiger charge is -2.37. The second kappa shape index (κ2) is 4.09. The van der Waals surface area contributed by atoms with Crippen molar-refractivity contribution in [1.82, 2.24) is 0 Å². The van der Waals surface area contributed by atoms with Crippen LogP contribution in [-0.4, -0.2) is 24.8 Å². The van der Waals surface area contributed by atoms with Crippen molar-refractivity contribution in [3.05, 3.63) is 0 Å². The highest BCUT2D eigenvalue weighted by Gasteiger charge is 2.34. The van der Waals surface area contributed by atoms with Crippen LogP contribution in [0.2, 0.25) is 0 Å². The molecule has 0 saturated carbocycles. The molecule has 0 aromatic carbocycles. The summed E-state index contributed by atoms with van der Waals surface area (Å²) < 4.78 is 10.7. The molecule has 1 unspecified atom stereocenters. The fourth-order valence-electron chi connectivity index (χ4n) is 1.67. The van der Waals surface area contributed by atoms with E-state index in [4.69, 9.17) is 9.47 Å². The third kappa shape index (κ3) is 2.44. The first kappa shape index (κ1) is 10.5. The fourth-order valence-corrected chi connectivity index (χ4v) is 1.67. The molecule has 3 heteroatoms. The second-order valence-corrected chi connectivity index (χ2v) is 3.90. The van der Waals surface area contributed by atoms with Gasteiger partial charge in [-0.1, -0.05) is 13.8 Å². The molecular weight excluding hydrogens is 168 g/mol. The number of esters is 1. The lowest BCUT2D eigenvalue weighted by Crippen LogP contribution is -2.43. The molecule has 4 atom stereocenters. The molecule has 1 aliphatic rings. The predicted molar refractivity (Wildman–Crippen MR) is 49.3 cm³/mol. The van der Waals surface area contributed by atoms with Gasteiger partial charge in [-0.05, 0) is 12.8 Å². The molecule has 0 aromatic heterocycles. The fraction of sp³-hybridized carbons (Fsp3) is 0.900. The van der Waals surface area contributed by atoms with Crippen LogP contribution in [0.5, 0.6) is 0 Å². The summed E-state index contributed by atoms with van der Waals surface area (Å²) in [7, 11) is 0. The molecule has 0 amide bonds. The normalized spacial score (nSPS) is 40.0. The van der Waals surface area contributed by atoms with Gasteiger partial charge in [0.15, 0.2) is 0 Å². The van der Waals surface area contributed by atoms with E-state index in [0.29, 0.717) is 18.4 Å². The molecule has 1 saturated heterocycles. The minimum Gasteiger partial charge on any atom is -0.460 e. The molecule has 76 valence electrons. The van der Waals surface area contributed by atoms with Gasteiger partial charge in [-0.15, -0.1) is 0 Å². The summed E-state index contributed by atoms with van der Waals surface area (Å²) in [6.45, 7) is 8.27. The lowest BCUT2D eigenvalue weighted by molar-refractivity contribution is -0.168. The summed E-state index contributed by atoms with van der Waals surface area (Å²) in [6.07, 6.45) is 0.200. The monoisotopic (exact) mass is 186 g/mol. The van der Waals surface area contributed by atoms with Crippen LogP contribution < -0.4 is 0 Å². The molecule has 0 bridgehead atoms. The van der Waals surface area contributed by atoms with Gasteiger partial charge in [-0.3, -0.25) is 4.79 Å². The Bertz CT molecular complexity index is 191. The van der Waals surface area contributed by atoms with Crippen LogP contribution >= 0.6 is 0 Å². The standard InChI is InChI=1S/C10H18O3/c1-6-7(2)10(13-9(4)11)5-12-8(6)3/h6-8,10H,5H2,1-4H3/t6-,7+,8?,10+/m1/s1. The minimum absolute atomic E-state index is 0.0660. The number of carbonyl (C=O) groups excluding carboxylic acids is 1. The van der Waals surface area contributed by atoms with E-state index in [1.54, 1.807) is 0 Å². The summed E-state index contributed by atoms with van der Waals surface area (Å²) in [6, 6.07) is 0. The molecule has 0 aromatic rings. The Morgan fingerprint density at radius 2 is 1.92 bits per heavy atom. The lowest BCUT2D eigenvalue weighted by atomic mass is 9.85. The average molecular weight is 186 g/mol. The van der Waals surface area contributed by atoms with E-state index in [0.717, 1.165) is 0 Å². The Morgan fingerprint density at radius 3 is 2.46 bits per heavy atom. The molecule has 0 radical (unpaired) electrons. The Hall–Kier alpha value is -0.570. The van der Waals surface area contributed by atoms with Crippen LogP contribution in [0.3, 0.4) is 0 Å². The topological polar surface area (TPSA) is 35.5 Å². The summed E-state index contributed by atoms with van der Waals surface area (Å²) in [4.78, 5) is 10.8. The van der Waals surface area contributed by atoms with Gasteiger partial charge in [0.2, 0.25) is 0 Å². The van der Waals surface area contributed by atoms with Crippen LogP contribution in [-0.2, 0) is 14.3 Å². The number of hydrogen-bond acceptors (Lipinski definition) is 3. The summed E-state index contributed by atoms with van der Waals surface area (Å²) in [5, 5.41) is 0. The van der Waals surface area contributed by atoms with Crippen molar-refractivity contribution in [3.63, 3.8) is 0 Å². The SMILES string of the molecule is CC(=O)O[C@H]1COC(C)[C@H](C)[C@@H]1C. The van der Waals surface area contributed by atoms with Crippen molar-refractivity contribution in [2.75, 3.05) is 6.61 Å². The zero-order chi connectivity index (χ0) is 10.0. The Kier molecular flexibility index (Phi) is 3.31. The highest BCUT2D eigenvalue weighted by molar-refractivity contribution is 5.66. The molecule has 13 heavy (non-hydrogen) atoms. The van der Waals surface area contributed by atoms with Crippen LogP contribution in [0, 0.1) is 11.8 Å². The molecule has 0 N–H and O–H groups in total. The first-order valence-corrected chi connectivity index (χ1v) is 4.81. The van der Waals surface area contributed by atoms with E-state index in [1.807, 2.05) is 0 Å². The van der Waals surface area contributed by atoms with Gasteiger partial charge in [0.25, 0.3) is 0 Å². The van der Waals surface area contributed by atoms with E-state index in [9.17, 15) is 4.79 Å². The van der Waals surface area contributed by atoms with E-state index >= 15 is 0 Å². The zero-order valence-electron chi connectivity index (χ0n) is 8.74. The van der Waals surface area contributed by atoms with E-state index in [2.05, 4.69) is 20.8 Å². The van der Waals surface area contributed by atoms with Crippen molar-refractivity contribution in [2.24, 2.45) is 11.8 Å². The Labute approximate surface area is 79.4 Å². The smallest absolute Gasteiger partial charge is 0.302 e. The van der Waals surface area contributed by atoms with Gasteiger partial charge in [0.05, 0.1) is 12.7 Å². The van der Waals surface area contributed by atoms with Gasteiger partial charge < -0.3 is 9.47 Å². The minimum atomic E-state index is -0.220. The maximum absolute atomic E-state index is 10.8. The van der Waals surface area contributed by atoms with Crippen molar-refractivity contribution in [3.8, 4) is 0 Å². The molecule has 1 aliphatic heterocycles. The molecule has 1 heterocycles.